The van der Waals surface area contributed by atoms with Gasteiger partial charge in [-0.1, -0.05) is 47.7 Å². The minimum Gasteiger partial charge on any atom is -0.387 e. The fourth-order valence-corrected chi connectivity index (χ4v) is 3.17. The summed E-state index contributed by atoms with van der Waals surface area (Å²) in [5.74, 6) is 0. The second-order valence-electron chi connectivity index (χ2n) is 5.30. The van der Waals surface area contributed by atoms with E-state index in [1.807, 2.05) is 42.5 Å². The Balaban J connectivity index is 1.59. The van der Waals surface area contributed by atoms with Crippen molar-refractivity contribution < 1.29 is 10.0 Å². The Morgan fingerprint density at radius 3 is 2.70 bits per heavy atom. The van der Waals surface area contributed by atoms with E-state index in [-0.39, 0.29) is 5.00 Å². The third kappa shape index (κ3) is 3.73. The van der Waals surface area contributed by atoms with Crippen molar-refractivity contribution in [3.05, 3.63) is 75.2 Å². The maximum absolute atomic E-state index is 10.6. The molecule has 2 aromatic carbocycles. The topological polar surface area (TPSA) is 75.4 Å². The van der Waals surface area contributed by atoms with Gasteiger partial charge < -0.3 is 10.4 Å². The van der Waals surface area contributed by atoms with E-state index in [1.165, 1.54) is 0 Å². The van der Waals surface area contributed by atoms with E-state index < -0.39 is 11.0 Å². The van der Waals surface area contributed by atoms with Crippen LogP contribution in [-0.2, 0) is 6.54 Å². The highest BCUT2D eigenvalue weighted by atomic mass is 32.1. The molecule has 0 saturated carbocycles. The van der Waals surface area contributed by atoms with Gasteiger partial charge in [0.15, 0.2) is 0 Å². The molecule has 6 heteroatoms. The Bertz CT molecular complexity index is 831. The van der Waals surface area contributed by atoms with Crippen LogP contribution in [0.2, 0.25) is 0 Å². The van der Waals surface area contributed by atoms with Gasteiger partial charge in [-0.25, -0.2) is 0 Å². The number of hydrogen-bond acceptors (Lipinski definition) is 5. The van der Waals surface area contributed by atoms with Crippen molar-refractivity contribution in [1.82, 2.24) is 5.32 Å². The van der Waals surface area contributed by atoms with E-state index in [1.54, 1.807) is 11.4 Å². The van der Waals surface area contributed by atoms with Gasteiger partial charge in [0.05, 0.1) is 11.0 Å². The van der Waals surface area contributed by atoms with Crippen LogP contribution in [0.4, 0.5) is 5.00 Å². The highest BCUT2D eigenvalue weighted by molar-refractivity contribution is 7.13. The number of nitrogens with zero attached hydrogens (tertiary/aromatic N) is 1. The lowest BCUT2D eigenvalue weighted by atomic mass is 10.0. The van der Waals surface area contributed by atoms with E-state index >= 15 is 0 Å². The van der Waals surface area contributed by atoms with E-state index in [4.69, 9.17) is 0 Å². The molecule has 3 aromatic rings. The quantitative estimate of drug-likeness (QED) is 0.535. The lowest BCUT2D eigenvalue weighted by molar-refractivity contribution is -0.380. The second-order valence-corrected chi connectivity index (χ2v) is 6.19. The number of rotatable bonds is 6. The van der Waals surface area contributed by atoms with Gasteiger partial charge in [-0.2, -0.15) is 0 Å². The van der Waals surface area contributed by atoms with Crippen LogP contribution in [0.15, 0.2) is 53.9 Å². The number of nitrogens with one attached hydrogen (secondary N) is 1. The molecule has 5 nitrogen and oxygen atoms in total. The number of fused-ring (bicyclic) bond motifs is 1. The molecule has 1 heterocycles. The average molecular weight is 328 g/mol. The molecule has 2 N–H and O–H groups in total. The highest BCUT2D eigenvalue weighted by Crippen LogP contribution is 2.23. The van der Waals surface area contributed by atoms with Crippen molar-refractivity contribution in [2.75, 3.05) is 6.54 Å². The van der Waals surface area contributed by atoms with Gasteiger partial charge in [-0.05, 0) is 28.0 Å². The molecule has 0 aliphatic rings. The molecular weight excluding hydrogens is 312 g/mol. The van der Waals surface area contributed by atoms with Gasteiger partial charge >= 0.3 is 5.00 Å². The summed E-state index contributed by atoms with van der Waals surface area (Å²) in [5.41, 5.74) is 1.71. The number of benzene rings is 2. The molecule has 0 amide bonds. The number of aliphatic hydroxyl groups excluding tert-OH is 1. The molecule has 0 aliphatic heterocycles. The molecule has 1 unspecified atom stereocenters. The van der Waals surface area contributed by atoms with Crippen LogP contribution < -0.4 is 5.32 Å². The molecule has 3 rings (SSSR count). The van der Waals surface area contributed by atoms with Crippen molar-refractivity contribution >= 4 is 27.1 Å². The van der Waals surface area contributed by atoms with Crippen molar-refractivity contribution in [3.8, 4) is 0 Å². The fraction of sp³-hybridized carbons (Fsp3) is 0.176. The lowest BCUT2D eigenvalue weighted by Gasteiger charge is -2.12. The van der Waals surface area contributed by atoms with Crippen molar-refractivity contribution in [2.24, 2.45) is 0 Å². The molecule has 1 atom stereocenters. The van der Waals surface area contributed by atoms with E-state index in [0.717, 1.165) is 33.2 Å². The monoisotopic (exact) mass is 328 g/mol. The molecule has 0 aliphatic carbocycles. The SMILES string of the molecule is O=[N+]([O-])c1cc(CNCC(O)c2ccc3ccccc3c2)cs1. The zero-order valence-electron chi connectivity index (χ0n) is 12.3. The molecule has 0 bridgehead atoms. The fourth-order valence-electron chi connectivity index (χ4n) is 2.44. The van der Waals surface area contributed by atoms with E-state index in [9.17, 15) is 15.2 Å². The predicted molar refractivity (Wildman–Crippen MR) is 91.6 cm³/mol. The van der Waals surface area contributed by atoms with Gasteiger partial charge in [0, 0.05) is 24.5 Å². The van der Waals surface area contributed by atoms with Crippen LogP contribution in [0.3, 0.4) is 0 Å². The number of thiophene rings is 1. The van der Waals surface area contributed by atoms with Crippen molar-refractivity contribution in [1.29, 1.82) is 0 Å². The van der Waals surface area contributed by atoms with Crippen LogP contribution in [0.25, 0.3) is 10.8 Å². The average Bonchev–Trinajstić information content (AvgIpc) is 3.03. The summed E-state index contributed by atoms with van der Waals surface area (Å²) in [5, 5.41) is 28.2. The Morgan fingerprint density at radius 2 is 1.96 bits per heavy atom. The van der Waals surface area contributed by atoms with Crippen LogP contribution in [0, 0.1) is 10.1 Å². The predicted octanol–water partition coefficient (Wildman–Crippen LogP) is 3.63. The minimum absolute atomic E-state index is 0.136. The zero-order valence-corrected chi connectivity index (χ0v) is 13.1. The van der Waals surface area contributed by atoms with Crippen molar-refractivity contribution in [3.63, 3.8) is 0 Å². The van der Waals surface area contributed by atoms with Gasteiger partial charge in [-0.15, -0.1) is 0 Å². The maximum Gasteiger partial charge on any atom is 0.324 e. The summed E-state index contributed by atoms with van der Waals surface area (Å²) in [6.45, 7) is 0.886. The summed E-state index contributed by atoms with van der Waals surface area (Å²) >= 11 is 1.11. The molecule has 0 spiro atoms. The first-order valence-electron chi connectivity index (χ1n) is 7.23. The molecule has 1 aromatic heterocycles. The summed E-state index contributed by atoms with van der Waals surface area (Å²) in [6.07, 6.45) is -0.617. The summed E-state index contributed by atoms with van der Waals surface area (Å²) in [6, 6.07) is 15.5. The van der Waals surface area contributed by atoms with Crippen molar-refractivity contribution in [2.45, 2.75) is 12.6 Å². The Morgan fingerprint density at radius 1 is 1.17 bits per heavy atom. The molecule has 0 radical (unpaired) electrons. The molecule has 118 valence electrons. The highest BCUT2D eigenvalue weighted by Gasteiger charge is 2.11. The Hall–Kier alpha value is -2.28. The smallest absolute Gasteiger partial charge is 0.324 e. The first-order valence-corrected chi connectivity index (χ1v) is 8.11. The Kier molecular flexibility index (Phi) is 4.66. The largest absolute Gasteiger partial charge is 0.387 e. The summed E-state index contributed by atoms with van der Waals surface area (Å²) in [7, 11) is 0. The molecule has 0 saturated heterocycles. The third-order valence-corrected chi connectivity index (χ3v) is 4.57. The van der Waals surface area contributed by atoms with Gasteiger partial charge in [0.1, 0.15) is 0 Å². The summed E-state index contributed by atoms with van der Waals surface area (Å²) < 4.78 is 0. The molecular formula is C17H16N2O3S. The van der Waals surface area contributed by atoms with Crippen LogP contribution >= 0.6 is 11.3 Å². The third-order valence-electron chi connectivity index (χ3n) is 3.64. The molecule has 23 heavy (non-hydrogen) atoms. The lowest BCUT2D eigenvalue weighted by Crippen LogP contribution is -2.20. The second kappa shape index (κ2) is 6.87. The normalized spacial score (nSPS) is 12.4. The van der Waals surface area contributed by atoms with Crippen LogP contribution in [0.5, 0.6) is 0 Å². The van der Waals surface area contributed by atoms with Crippen LogP contribution in [0.1, 0.15) is 17.2 Å². The van der Waals surface area contributed by atoms with Gasteiger partial charge in [0.25, 0.3) is 0 Å². The van der Waals surface area contributed by atoms with E-state index in [2.05, 4.69) is 5.32 Å². The number of nitro groups is 1. The van der Waals surface area contributed by atoms with Gasteiger partial charge in [-0.3, -0.25) is 10.1 Å². The van der Waals surface area contributed by atoms with Crippen LogP contribution in [-0.4, -0.2) is 16.6 Å². The number of hydrogen-bond donors (Lipinski definition) is 2. The first-order chi connectivity index (χ1) is 11.1. The zero-order chi connectivity index (χ0) is 16.2. The number of aliphatic hydroxyl groups is 1. The van der Waals surface area contributed by atoms with E-state index in [0.29, 0.717) is 13.1 Å². The standard InChI is InChI=1S/C17H16N2O3S/c20-16(10-18-9-12-7-17(19(21)22)23-11-12)15-6-5-13-3-1-2-4-14(13)8-15/h1-8,11,16,18,20H,9-10H2. The minimum atomic E-state index is -0.617. The maximum atomic E-state index is 10.6. The Labute approximate surface area is 137 Å². The van der Waals surface area contributed by atoms with Gasteiger partial charge in [0.2, 0.25) is 0 Å². The summed E-state index contributed by atoms with van der Waals surface area (Å²) in [4.78, 5) is 10.3. The molecule has 0 fully saturated rings. The first kappa shape index (κ1) is 15.6.